The second kappa shape index (κ2) is 4.76. The van der Waals surface area contributed by atoms with Crippen LogP contribution in [0.5, 0.6) is 5.88 Å². The Kier molecular flexibility index (Phi) is 3.16. The van der Waals surface area contributed by atoms with E-state index >= 15 is 0 Å². The molecular formula is C11H14N4O. The minimum absolute atomic E-state index is 0.366. The second-order valence-electron chi connectivity index (χ2n) is 3.36. The van der Waals surface area contributed by atoms with E-state index in [1.165, 1.54) is 0 Å². The van der Waals surface area contributed by atoms with E-state index in [9.17, 15) is 0 Å². The summed E-state index contributed by atoms with van der Waals surface area (Å²) in [6, 6.07) is 7.68. The third-order valence-electron chi connectivity index (χ3n) is 2.14. The molecule has 1 aromatic heterocycles. The molecule has 3 N–H and O–H groups in total. The summed E-state index contributed by atoms with van der Waals surface area (Å²) >= 11 is 0. The summed E-state index contributed by atoms with van der Waals surface area (Å²) in [4.78, 5) is 8.42. The lowest BCUT2D eigenvalue weighted by Crippen LogP contribution is -2.11. The zero-order chi connectivity index (χ0) is 11.4. The molecule has 5 heteroatoms. The molecule has 0 spiro atoms. The molecule has 16 heavy (non-hydrogen) atoms. The van der Waals surface area contributed by atoms with Gasteiger partial charge in [0, 0.05) is 0 Å². The van der Waals surface area contributed by atoms with Crippen molar-refractivity contribution in [1.29, 1.82) is 0 Å². The predicted molar refractivity (Wildman–Crippen MR) is 63.1 cm³/mol. The van der Waals surface area contributed by atoms with Crippen LogP contribution >= 0.6 is 0 Å². The van der Waals surface area contributed by atoms with Crippen molar-refractivity contribution in [2.24, 2.45) is 5.84 Å². The van der Waals surface area contributed by atoms with Gasteiger partial charge in [-0.15, -0.1) is 0 Å². The van der Waals surface area contributed by atoms with Crippen molar-refractivity contribution >= 4 is 16.9 Å². The van der Waals surface area contributed by atoms with Gasteiger partial charge < -0.3 is 4.74 Å². The molecule has 2 rings (SSSR count). The Hall–Kier alpha value is -1.88. The quantitative estimate of drug-likeness (QED) is 0.603. The van der Waals surface area contributed by atoms with Gasteiger partial charge in [0.2, 0.25) is 11.8 Å². The van der Waals surface area contributed by atoms with Crippen LogP contribution in [0.3, 0.4) is 0 Å². The van der Waals surface area contributed by atoms with E-state index < -0.39 is 0 Å². The number of fused-ring (bicyclic) bond motifs is 1. The zero-order valence-electron chi connectivity index (χ0n) is 9.10. The van der Waals surface area contributed by atoms with Crippen LogP contribution in [0.25, 0.3) is 10.9 Å². The molecule has 0 saturated heterocycles. The van der Waals surface area contributed by atoms with Crippen LogP contribution in [0, 0.1) is 0 Å². The average Bonchev–Trinajstić information content (AvgIpc) is 2.35. The highest BCUT2D eigenvalue weighted by Crippen LogP contribution is 2.23. The van der Waals surface area contributed by atoms with E-state index in [1.54, 1.807) is 0 Å². The molecule has 2 aromatic rings. The number of anilines is 1. The Morgan fingerprint density at radius 2 is 2.12 bits per heavy atom. The molecule has 84 valence electrons. The van der Waals surface area contributed by atoms with Gasteiger partial charge in [-0.3, -0.25) is 5.43 Å². The van der Waals surface area contributed by atoms with Gasteiger partial charge in [-0.25, -0.2) is 10.8 Å². The fraction of sp³-hybridized carbons (Fsp3) is 0.273. The van der Waals surface area contributed by atoms with Crippen LogP contribution in [0.1, 0.15) is 13.3 Å². The number of hydrogen-bond donors (Lipinski definition) is 2. The summed E-state index contributed by atoms with van der Waals surface area (Å²) < 4.78 is 5.56. The Balaban J connectivity index is 2.50. The molecule has 1 aromatic carbocycles. The van der Waals surface area contributed by atoms with E-state index in [0.29, 0.717) is 18.4 Å². The van der Waals surface area contributed by atoms with Crippen molar-refractivity contribution in [2.75, 3.05) is 12.0 Å². The van der Waals surface area contributed by atoms with Crippen LogP contribution in [-0.2, 0) is 0 Å². The lowest BCUT2D eigenvalue weighted by atomic mass is 10.2. The smallest absolute Gasteiger partial charge is 0.241 e. The lowest BCUT2D eigenvalue weighted by Gasteiger charge is -2.08. The lowest BCUT2D eigenvalue weighted by molar-refractivity contribution is 0.309. The molecule has 0 atom stereocenters. The number of aromatic nitrogens is 2. The van der Waals surface area contributed by atoms with Gasteiger partial charge in [-0.05, 0) is 18.6 Å². The Morgan fingerprint density at radius 3 is 2.88 bits per heavy atom. The molecule has 0 saturated carbocycles. The van der Waals surface area contributed by atoms with Gasteiger partial charge in [0.15, 0.2) is 0 Å². The number of hydrazine groups is 1. The molecule has 0 fully saturated rings. The fourth-order valence-corrected chi connectivity index (χ4v) is 1.42. The maximum atomic E-state index is 5.56. The van der Waals surface area contributed by atoms with Crippen molar-refractivity contribution in [3.05, 3.63) is 24.3 Å². The molecule has 5 nitrogen and oxygen atoms in total. The summed E-state index contributed by atoms with van der Waals surface area (Å²) in [6.45, 7) is 2.68. The van der Waals surface area contributed by atoms with Crippen molar-refractivity contribution in [3.63, 3.8) is 0 Å². The van der Waals surface area contributed by atoms with Gasteiger partial charge in [0.25, 0.3) is 0 Å². The monoisotopic (exact) mass is 218 g/mol. The number of benzene rings is 1. The predicted octanol–water partition coefficient (Wildman–Crippen LogP) is 1.70. The van der Waals surface area contributed by atoms with Gasteiger partial charge in [0.05, 0.1) is 17.5 Å². The molecule has 0 aliphatic heterocycles. The number of nitrogens with one attached hydrogen (secondary N) is 1. The molecule has 0 radical (unpaired) electrons. The van der Waals surface area contributed by atoms with Crippen LogP contribution in [0.2, 0.25) is 0 Å². The molecule has 0 bridgehead atoms. The van der Waals surface area contributed by atoms with E-state index in [4.69, 9.17) is 10.6 Å². The van der Waals surface area contributed by atoms with Crippen LogP contribution in [0.4, 0.5) is 5.95 Å². The Morgan fingerprint density at radius 1 is 1.31 bits per heavy atom. The van der Waals surface area contributed by atoms with Crippen LogP contribution < -0.4 is 16.0 Å². The topological polar surface area (TPSA) is 73.1 Å². The van der Waals surface area contributed by atoms with Crippen molar-refractivity contribution in [3.8, 4) is 5.88 Å². The molecule has 1 heterocycles. The molecular weight excluding hydrogens is 204 g/mol. The highest BCUT2D eigenvalue weighted by Gasteiger charge is 2.07. The van der Waals surface area contributed by atoms with Gasteiger partial charge in [-0.1, -0.05) is 19.1 Å². The number of rotatable bonds is 4. The number of nitrogen functional groups attached to an aromatic ring is 1. The number of ether oxygens (including phenoxy) is 1. The van der Waals surface area contributed by atoms with E-state index in [1.807, 2.05) is 31.2 Å². The Bertz CT molecular complexity index is 486. The van der Waals surface area contributed by atoms with E-state index in [2.05, 4.69) is 15.4 Å². The third-order valence-corrected chi connectivity index (χ3v) is 2.14. The first-order valence-electron chi connectivity index (χ1n) is 5.21. The standard InChI is InChI=1S/C11H14N4O/c1-2-7-16-10-8-5-3-4-6-9(8)13-11(14-10)15-12/h3-6H,2,7,12H2,1H3,(H,13,14,15). The van der Waals surface area contributed by atoms with Crippen molar-refractivity contribution < 1.29 is 4.74 Å². The van der Waals surface area contributed by atoms with E-state index in [-0.39, 0.29) is 0 Å². The van der Waals surface area contributed by atoms with Gasteiger partial charge in [0.1, 0.15) is 0 Å². The maximum absolute atomic E-state index is 5.56. The summed E-state index contributed by atoms with van der Waals surface area (Å²) in [6.07, 6.45) is 0.934. The summed E-state index contributed by atoms with van der Waals surface area (Å²) in [7, 11) is 0. The fourth-order valence-electron chi connectivity index (χ4n) is 1.42. The summed E-state index contributed by atoms with van der Waals surface area (Å²) in [5.74, 6) is 6.24. The van der Waals surface area contributed by atoms with Crippen LogP contribution in [0.15, 0.2) is 24.3 Å². The van der Waals surface area contributed by atoms with Crippen molar-refractivity contribution in [2.45, 2.75) is 13.3 Å². The molecule has 0 unspecified atom stereocenters. The number of para-hydroxylation sites is 1. The average molecular weight is 218 g/mol. The summed E-state index contributed by atoms with van der Waals surface area (Å²) in [5, 5.41) is 0.898. The maximum Gasteiger partial charge on any atom is 0.241 e. The Labute approximate surface area is 93.6 Å². The zero-order valence-corrected chi connectivity index (χ0v) is 9.10. The first-order chi connectivity index (χ1) is 7.85. The molecule has 0 aliphatic rings. The summed E-state index contributed by atoms with van der Waals surface area (Å²) in [5.41, 5.74) is 3.25. The normalized spacial score (nSPS) is 10.4. The largest absolute Gasteiger partial charge is 0.477 e. The minimum Gasteiger partial charge on any atom is -0.477 e. The molecule has 0 aliphatic carbocycles. The van der Waals surface area contributed by atoms with Gasteiger partial charge in [-0.2, -0.15) is 4.98 Å². The number of nitrogens with zero attached hydrogens (tertiary/aromatic N) is 2. The van der Waals surface area contributed by atoms with Crippen LogP contribution in [-0.4, -0.2) is 16.6 Å². The molecule has 0 amide bonds. The SMILES string of the molecule is CCCOc1nc(NN)nc2ccccc12. The number of hydrogen-bond acceptors (Lipinski definition) is 5. The minimum atomic E-state index is 0.366. The first kappa shape index (κ1) is 10.6. The van der Waals surface area contributed by atoms with E-state index in [0.717, 1.165) is 17.3 Å². The highest BCUT2D eigenvalue weighted by molar-refractivity contribution is 5.84. The van der Waals surface area contributed by atoms with Gasteiger partial charge >= 0.3 is 0 Å². The third kappa shape index (κ3) is 2.04. The number of nitrogens with two attached hydrogens (primary N) is 1. The second-order valence-corrected chi connectivity index (χ2v) is 3.36. The first-order valence-corrected chi connectivity index (χ1v) is 5.21. The van der Waals surface area contributed by atoms with Crippen molar-refractivity contribution in [1.82, 2.24) is 9.97 Å². The highest BCUT2D eigenvalue weighted by atomic mass is 16.5.